The Hall–Kier alpha value is -3.12. The number of anilines is 1. The van der Waals surface area contributed by atoms with Gasteiger partial charge in [0.2, 0.25) is 11.9 Å². The summed E-state index contributed by atoms with van der Waals surface area (Å²) in [7, 11) is 0. The highest BCUT2D eigenvalue weighted by atomic mass is 19.1. The van der Waals surface area contributed by atoms with Crippen molar-refractivity contribution in [3.8, 4) is 6.07 Å². The Bertz CT molecular complexity index is 909. The Morgan fingerprint density at radius 3 is 2.86 bits per heavy atom. The number of piperidine rings is 1. The second kappa shape index (κ2) is 7.86. The Balaban J connectivity index is 1.41. The molecule has 2 aliphatic heterocycles. The van der Waals surface area contributed by atoms with Gasteiger partial charge in [0.15, 0.2) is 0 Å². The van der Waals surface area contributed by atoms with Gasteiger partial charge in [-0.05, 0) is 30.5 Å². The van der Waals surface area contributed by atoms with Crippen LogP contribution in [0.4, 0.5) is 10.3 Å². The van der Waals surface area contributed by atoms with E-state index in [-0.39, 0.29) is 17.9 Å². The van der Waals surface area contributed by atoms with E-state index in [0.717, 1.165) is 6.20 Å². The molecule has 4 heterocycles. The zero-order valence-electron chi connectivity index (χ0n) is 15.2. The van der Waals surface area contributed by atoms with Gasteiger partial charge in [-0.15, -0.1) is 0 Å². The highest BCUT2D eigenvalue weighted by molar-refractivity contribution is 5.78. The molecule has 0 spiro atoms. The molecule has 0 aliphatic carbocycles. The van der Waals surface area contributed by atoms with Crippen LogP contribution in [0.1, 0.15) is 36.6 Å². The number of pyridine rings is 1. The predicted octanol–water partition coefficient (Wildman–Crippen LogP) is 2.00. The quantitative estimate of drug-likeness (QED) is 0.801. The van der Waals surface area contributed by atoms with Gasteiger partial charge in [-0.25, -0.2) is 19.4 Å². The lowest BCUT2D eigenvalue weighted by atomic mass is 9.95. The molecule has 0 bridgehead atoms. The third-order valence-corrected chi connectivity index (χ3v) is 5.12. The van der Waals surface area contributed by atoms with E-state index in [2.05, 4.69) is 15.0 Å². The summed E-state index contributed by atoms with van der Waals surface area (Å²) in [6.07, 6.45) is 6.16. The van der Waals surface area contributed by atoms with Gasteiger partial charge < -0.3 is 4.90 Å². The van der Waals surface area contributed by atoms with Crippen molar-refractivity contribution < 1.29 is 14.0 Å². The fourth-order valence-corrected chi connectivity index (χ4v) is 3.67. The van der Waals surface area contributed by atoms with Crippen LogP contribution in [0.25, 0.3) is 0 Å². The van der Waals surface area contributed by atoms with Crippen molar-refractivity contribution in [3.05, 3.63) is 47.8 Å². The summed E-state index contributed by atoms with van der Waals surface area (Å²) in [5, 5.41) is 10.4. The topological polar surface area (TPSA) is 95.2 Å². The first-order valence-corrected chi connectivity index (χ1v) is 9.20. The second-order valence-corrected chi connectivity index (χ2v) is 6.85. The highest BCUT2D eigenvalue weighted by Gasteiger charge is 2.37. The lowest BCUT2D eigenvalue weighted by molar-refractivity contribution is -0.182. The molecule has 2 aromatic rings. The molecule has 9 heteroatoms. The average Bonchev–Trinajstić information content (AvgIpc) is 3.23. The van der Waals surface area contributed by atoms with Gasteiger partial charge in [-0.2, -0.15) is 5.26 Å². The molecule has 2 fully saturated rings. The Morgan fingerprint density at radius 2 is 2.11 bits per heavy atom. The van der Waals surface area contributed by atoms with Crippen molar-refractivity contribution in [2.45, 2.75) is 25.3 Å². The number of carbonyl (C=O) groups is 1. The minimum absolute atomic E-state index is 0.0851. The monoisotopic (exact) mass is 382 g/mol. The molecule has 1 amide bonds. The largest absolute Gasteiger partial charge is 0.341 e. The molecule has 0 N–H and O–H groups in total. The van der Waals surface area contributed by atoms with Crippen LogP contribution in [-0.4, -0.2) is 45.6 Å². The fourth-order valence-electron chi connectivity index (χ4n) is 3.67. The van der Waals surface area contributed by atoms with Crippen LogP contribution in [0.2, 0.25) is 0 Å². The third kappa shape index (κ3) is 3.64. The minimum atomic E-state index is -0.426. The van der Waals surface area contributed by atoms with E-state index in [9.17, 15) is 9.18 Å². The molecule has 0 saturated carbocycles. The molecular weight excluding hydrogens is 363 g/mol. The van der Waals surface area contributed by atoms with Crippen LogP contribution in [0.3, 0.4) is 0 Å². The van der Waals surface area contributed by atoms with Crippen molar-refractivity contribution in [2.75, 3.05) is 24.6 Å². The Morgan fingerprint density at radius 1 is 1.29 bits per heavy atom. The molecule has 28 heavy (non-hydrogen) atoms. The van der Waals surface area contributed by atoms with Gasteiger partial charge in [0.1, 0.15) is 17.6 Å². The van der Waals surface area contributed by atoms with Crippen molar-refractivity contribution in [1.29, 1.82) is 5.26 Å². The smallest absolute Gasteiger partial charge is 0.249 e. The van der Waals surface area contributed by atoms with Crippen LogP contribution in [0.15, 0.2) is 30.7 Å². The predicted molar refractivity (Wildman–Crippen MR) is 96.0 cm³/mol. The number of amides is 1. The SMILES string of the molecule is N#Cc1ccnc(N2CCC(C(=O)N3OCCC3c3cncc(F)c3)CC2)n1. The maximum atomic E-state index is 13.5. The van der Waals surface area contributed by atoms with Crippen molar-refractivity contribution in [1.82, 2.24) is 20.0 Å². The summed E-state index contributed by atoms with van der Waals surface area (Å²) in [6.45, 7) is 1.65. The molecule has 2 saturated heterocycles. The summed E-state index contributed by atoms with van der Waals surface area (Å²) < 4.78 is 13.5. The zero-order chi connectivity index (χ0) is 19.5. The van der Waals surface area contributed by atoms with Crippen molar-refractivity contribution >= 4 is 11.9 Å². The first-order valence-electron chi connectivity index (χ1n) is 9.20. The average molecular weight is 382 g/mol. The highest BCUT2D eigenvalue weighted by Crippen LogP contribution is 2.33. The lowest BCUT2D eigenvalue weighted by Crippen LogP contribution is -2.42. The number of nitrogens with zero attached hydrogens (tertiary/aromatic N) is 6. The van der Waals surface area contributed by atoms with E-state index in [1.165, 1.54) is 11.1 Å². The molecular formula is C19H19FN6O2. The number of rotatable bonds is 3. The zero-order valence-corrected chi connectivity index (χ0v) is 15.2. The Kier molecular flexibility index (Phi) is 5.12. The van der Waals surface area contributed by atoms with E-state index in [0.29, 0.717) is 56.2 Å². The second-order valence-electron chi connectivity index (χ2n) is 6.85. The molecule has 2 aromatic heterocycles. The molecule has 1 unspecified atom stereocenters. The van der Waals surface area contributed by atoms with Crippen LogP contribution in [0.5, 0.6) is 0 Å². The number of hydroxylamine groups is 2. The van der Waals surface area contributed by atoms with Gasteiger partial charge in [-0.1, -0.05) is 0 Å². The standard InChI is InChI=1S/C19H19FN6O2/c20-15-9-14(11-22-12-15)17-4-8-28-26(17)18(27)13-2-6-25(7-3-13)19-23-5-1-16(10-21)24-19/h1,5,9,11-13,17H,2-4,6-8H2. The van der Waals surface area contributed by atoms with Crippen LogP contribution >= 0.6 is 0 Å². The first kappa shape index (κ1) is 18.3. The number of halogens is 1. The van der Waals surface area contributed by atoms with Crippen molar-refractivity contribution in [3.63, 3.8) is 0 Å². The Labute approximate surface area is 161 Å². The van der Waals surface area contributed by atoms with E-state index < -0.39 is 5.82 Å². The summed E-state index contributed by atoms with van der Waals surface area (Å²) in [4.78, 5) is 32.9. The van der Waals surface area contributed by atoms with Gasteiger partial charge in [0.05, 0.1) is 18.8 Å². The number of carbonyl (C=O) groups excluding carboxylic acids is 1. The fraction of sp³-hybridized carbons (Fsp3) is 0.421. The van der Waals surface area contributed by atoms with E-state index in [1.54, 1.807) is 18.5 Å². The minimum Gasteiger partial charge on any atom is -0.341 e. The maximum Gasteiger partial charge on any atom is 0.249 e. The number of aromatic nitrogens is 3. The molecule has 4 rings (SSSR count). The first-order chi connectivity index (χ1) is 13.7. The number of hydrogen-bond donors (Lipinski definition) is 0. The summed E-state index contributed by atoms with van der Waals surface area (Å²) in [6, 6.07) is 4.65. The summed E-state index contributed by atoms with van der Waals surface area (Å²) >= 11 is 0. The normalized spacial score (nSPS) is 20.2. The van der Waals surface area contributed by atoms with Gasteiger partial charge in [0, 0.05) is 37.8 Å². The van der Waals surface area contributed by atoms with E-state index in [4.69, 9.17) is 10.1 Å². The number of nitriles is 1. The van der Waals surface area contributed by atoms with E-state index >= 15 is 0 Å². The van der Waals surface area contributed by atoms with Crippen LogP contribution < -0.4 is 4.90 Å². The lowest BCUT2D eigenvalue weighted by Gasteiger charge is -2.34. The van der Waals surface area contributed by atoms with Crippen LogP contribution in [-0.2, 0) is 9.63 Å². The summed E-state index contributed by atoms with van der Waals surface area (Å²) in [5.74, 6) is -0.189. The van der Waals surface area contributed by atoms with E-state index in [1.807, 2.05) is 11.0 Å². The molecule has 0 aromatic carbocycles. The maximum absolute atomic E-state index is 13.5. The molecule has 144 valence electrons. The van der Waals surface area contributed by atoms with Crippen LogP contribution in [0, 0.1) is 23.1 Å². The third-order valence-electron chi connectivity index (χ3n) is 5.12. The van der Waals surface area contributed by atoms with Gasteiger partial charge in [-0.3, -0.25) is 14.6 Å². The van der Waals surface area contributed by atoms with Crippen molar-refractivity contribution in [2.24, 2.45) is 5.92 Å². The molecule has 0 radical (unpaired) electrons. The molecule has 8 nitrogen and oxygen atoms in total. The van der Waals surface area contributed by atoms with Gasteiger partial charge >= 0.3 is 0 Å². The summed E-state index contributed by atoms with van der Waals surface area (Å²) in [5.41, 5.74) is 0.963. The molecule has 1 atom stereocenters. The van der Waals surface area contributed by atoms with Gasteiger partial charge in [0.25, 0.3) is 0 Å². The number of hydrogen-bond acceptors (Lipinski definition) is 7. The molecule has 2 aliphatic rings.